The summed E-state index contributed by atoms with van der Waals surface area (Å²) in [6.45, 7) is 8.93. The molecular formula is C13H19NO. The molecule has 1 aromatic rings. The smallest absolute Gasteiger partial charge is 0.119 e. The maximum atomic E-state index is 5.36. The van der Waals surface area contributed by atoms with Crippen LogP contribution >= 0.6 is 0 Å². The van der Waals surface area contributed by atoms with Crippen molar-refractivity contribution in [3.05, 3.63) is 29.8 Å². The quantitative estimate of drug-likeness (QED) is 0.694. The van der Waals surface area contributed by atoms with Crippen LogP contribution in [0.4, 0.5) is 0 Å². The van der Waals surface area contributed by atoms with Crippen molar-refractivity contribution in [2.24, 2.45) is 4.99 Å². The normalized spacial score (nSPS) is 12.0. The average molecular weight is 205 g/mol. The summed E-state index contributed by atoms with van der Waals surface area (Å²) in [7, 11) is 0. The second-order valence-electron chi connectivity index (χ2n) is 4.43. The van der Waals surface area contributed by atoms with E-state index in [4.69, 9.17) is 4.74 Å². The van der Waals surface area contributed by atoms with Crippen LogP contribution in [0, 0.1) is 0 Å². The number of hydrogen-bond acceptors (Lipinski definition) is 2. The molecule has 0 spiro atoms. The van der Waals surface area contributed by atoms with Gasteiger partial charge in [-0.1, -0.05) is 0 Å². The van der Waals surface area contributed by atoms with Crippen LogP contribution in [0.25, 0.3) is 0 Å². The Labute approximate surface area is 92.0 Å². The van der Waals surface area contributed by atoms with E-state index in [1.54, 1.807) is 0 Å². The Hall–Kier alpha value is -1.31. The minimum Gasteiger partial charge on any atom is -0.494 e. The van der Waals surface area contributed by atoms with Gasteiger partial charge in [-0.2, -0.15) is 0 Å². The van der Waals surface area contributed by atoms with Crippen LogP contribution in [-0.2, 0) is 0 Å². The summed E-state index contributed by atoms with van der Waals surface area (Å²) in [5.41, 5.74) is 1.09. The van der Waals surface area contributed by atoms with Crippen LogP contribution in [0.15, 0.2) is 29.3 Å². The highest BCUT2D eigenvalue weighted by atomic mass is 16.5. The topological polar surface area (TPSA) is 21.6 Å². The van der Waals surface area contributed by atoms with Gasteiger partial charge in [-0.25, -0.2) is 0 Å². The number of hydrogen-bond donors (Lipinski definition) is 0. The van der Waals surface area contributed by atoms with Crippen molar-refractivity contribution in [2.75, 3.05) is 6.61 Å². The molecule has 0 aliphatic carbocycles. The molecule has 0 aliphatic heterocycles. The lowest BCUT2D eigenvalue weighted by molar-refractivity contribution is 0.340. The third-order valence-electron chi connectivity index (χ3n) is 1.79. The molecule has 2 nitrogen and oxygen atoms in total. The molecule has 0 fully saturated rings. The Morgan fingerprint density at radius 2 is 1.80 bits per heavy atom. The summed E-state index contributed by atoms with van der Waals surface area (Å²) in [5.74, 6) is 0.908. The van der Waals surface area contributed by atoms with Gasteiger partial charge in [-0.15, -0.1) is 0 Å². The van der Waals surface area contributed by atoms with Crippen molar-refractivity contribution in [2.45, 2.75) is 33.2 Å². The van der Waals surface area contributed by atoms with Crippen LogP contribution in [0.3, 0.4) is 0 Å². The lowest BCUT2D eigenvalue weighted by Crippen LogP contribution is -2.09. The zero-order valence-corrected chi connectivity index (χ0v) is 9.95. The molecule has 0 amide bonds. The first-order valence-corrected chi connectivity index (χ1v) is 5.29. The summed E-state index contributed by atoms with van der Waals surface area (Å²) in [6.07, 6.45) is 1.90. The van der Waals surface area contributed by atoms with Gasteiger partial charge < -0.3 is 4.74 Å². The van der Waals surface area contributed by atoms with Crippen molar-refractivity contribution in [3.8, 4) is 5.75 Å². The van der Waals surface area contributed by atoms with Gasteiger partial charge >= 0.3 is 0 Å². The van der Waals surface area contributed by atoms with E-state index in [1.807, 2.05) is 37.4 Å². The van der Waals surface area contributed by atoms with Gasteiger partial charge in [0.25, 0.3) is 0 Å². The van der Waals surface area contributed by atoms with Crippen LogP contribution in [0.2, 0.25) is 0 Å². The van der Waals surface area contributed by atoms with Crippen LogP contribution in [0.5, 0.6) is 5.75 Å². The molecule has 0 radical (unpaired) electrons. The fourth-order valence-electron chi connectivity index (χ4n) is 1.08. The first kappa shape index (κ1) is 11.8. The molecule has 0 saturated carbocycles. The molecule has 0 unspecified atom stereocenters. The predicted octanol–water partition coefficient (Wildman–Crippen LogP) is 3.30. The summed E-state index contributed by atoms with van der Waals surface area (Å²) in [4.78, 5) is 4.44. The van der Waals surface area contributed by atoms with Crippen molar-refractivity contribution < 1.29 is 4.74 Å². The maximum absolute atomic E-state index is 5.36. The molecule has 82 valence electrons. The van der Waals surface area contributed by atoms with Gasteiger partial charge in [0.1, 0.15) is 5.75 Å². The van der Waals surface area contributed by atoms with E-state index in [9.17, 15) is 0 Å². The fourth-order valence-corrected chi connectivity index (χ4v) is 1.08. The van der Waals surface area contributed by atoms with E-state index < -0.39 is 0 Å². The third-order valence-corrected chi connectivity index (χ3v) is 1.79. The SMILES string of the molecule is CCOc1ccc(C=NC(C)(C)C)cc1. The number of nitrogens with zero attached hydrogens (tertiary/aromatic N) is 1. The van der Waals surface area contributed by atoms with Crippen molar-refractivity contribution in [3.63, 3.8) is 0 Å². The molecular weight excluding hydrogens is 186 g/mol. The van der Waals surface area contributed by atoms with Crippen LogP contribution in [0.1, 0.15) is 33.3 Å². The Bertz CT molecular complexity index is 319. The second kappa shape index (κ2) is 4.96. The number of ether oxygens (including phenoxy) is 1. The molecule has 0 atom stereocenters. The molecule has 0 saturated heterocycles. The van der Waals surface area contributed by atoms with E-state index in [0.29, 0.717) is 6.61 Å². The van der Waals surface area contributed by atoms with Gasteiger partial charge in [0, 0.05) is 6.21 Å². The van der Waals surface area contributed by atoms with E-state index in [1.165, 1.54) is 0 Å². The molecule has 0 heterocycles. The highest BCUT2D eigenvalue weighted by Crippen LogP contribution is 2.12. The summed E-state index contributed by atoms with van der Waals surface area (Å²) in [6, 6.07) is 7.96. The zero-order valence-electron chi connectivity index (χ0n) is 9.95. The molecule has 1 aromatic carbocycles. The number of benzene rings is 1. The Balaban J connectivity index is 2.68. The average Bonchev–Trinajstić information content (AvgIpc) is 2.16. The monoisotopic (exact) mass is 205 g/mol. The standard InChI is InChI=1S/C13H19NO/c1-5-15-12-8-6-11(7-9-12)10-14-13(2,3)4/h6-10H,5H2,1-4H3. The molecule has 15 heavy (non-hydrogen) atoms. The minimum atomic E-state index is -0.0153. The predicted molar refractivity (Wildman–Crippen MR) is 65.0 cm³/mol. The van der Waals surface area contributed by atoms with E-state index >= 15 is 0 Å². The third kappa shape index (κ3) is 4.63. The molecule has 0 bridgehead atoms. The first-order chi connectivity index (χ1) is 7.01. The molecule has 2 heteroatoms. The molecule has 0 N–H and O–H groups in total. The highest BCUT2D eigenvalue weighted by Gasteiger charge is 2.04. The van der Waals surface area contributed by atoms with E-state index in [-0.39, 0.29) is 5.54 Å². The van der Waals surface area contributed by atoms with Crippen molar-refractivity contribution in [1.82, 2.24) is 0 Å². The molecule has 0 aromatic heterocycles. The first-order valence-electron chi connectivity index (χ1n) is 5.29. The number of aliphatic imine (C=N–C) groups is 1. The maximum Gasteiger partial charge on any atom is 0.119 e. The van der Waals surface area contributed by atoms with Gasteiger partial charge in [-0.3, -0.25) is 4.99 Å². The van der Waals surface area contributed by atoms with Gasteiger partial charge in [0.05, 0.1) is 12.1 Å². The largest absolute Gasteiger partial charge is 0.494 e. The summed E-state index contributed by atoms with van der Waals surface area (Å²) < 4.78 is 5.36. The number of rotatable bonds is 3. The Morgan fingerprint density at radius 3 is 2.27 bits per heavy atom. The molecule has 1 rings (SSSR count). The molecule has 0 aliphatic rings. The van der Waals surface area contributed by atoms with Crippen LogP contribution < -0.4 is 4.74 Å². The van der Waals surface area contributed by atoms with Crippen LogP contribution in [-0.4, -0.2) is 18.4 Å². The second-order valence-corrected chi connectivity index (χ2v) is 4.43. The van der Waals surface area contributed by atoms with Gasteiger partial charge in [-0.05, 0) is 57.5 Å². The lowest BCUT2D eigenvalue weighted by atomic mass is 10.1. The summed E-state index contributed by atoms with van der Waals surface area (Å²) >= 11 is 0. The van der Waals surface area contributed by atoms with Crippen molar-refractivity contribution >= 4 is 6.21 Å². The van der Waals surface area contributed by atoms with E-state index in [0.717, 1.165) is 11.3 Å². The highest BCUT2D eigenvalue weighted by molar-refractivity contribution is 5.80. The Kier molecular flexibility index (Phi) is 3.89. The zero-order chi connectivity index (χ0) is 11.3. The van der Waals surface area contributed by atoms with Gasteiger partial charge in [0.15, 0.2) is 0 Å². The fraction of sp³-hybridized carbons (Fsp3) is 0.462. The summed E-state index contributed by atoms with van der Waals surface area (Å²) in [5, 5.41) is 0. The minimum absolute atomic E-state index is 0.0153. The van der Waals surface area contributed by atoms with Crippen molar-refractivity contribution in [1.29, 1.82) is 0 Å². The van der Waals surface area contributed by atoms with E-state index in [2.05, 4.69) is 25.8 Å². The lowest BCUT2D eigenvalue weighted by Gasteiger charge is -2.10. The van der Waals surface area contributed by atoms with Gasteiger partial charge in [0.2, 0.25) is 0 Å². The Morgan fingerprint density at radius 1 is 1.20 bits per heavy atom.